The molecule has 0 spiro atoms. The van der Waals surface area contributed by atoms with Gasteiger partial charge in [-0.05, 0) is 43.0 Å². The van der Waals surface area contributed by atoms with Gasteiger partial charge in [0, 0.05) is 18.7 Å². The fourth-order valence-corrected chi connectivity index (χ4v) is 4.62. The number of thiophene rings is 1. The number of nitrogens with zero attached hydrogens (tertiary/aromatic N) is 2. The Morgan fingerprint density at radius 1 is 1.34 bits per heavy atom. The average Bonchev–Trinajstić information content (AvgIpc) is 3.31. The van der Waals surface area contributed by atoms with Crippen molar-refractivity contribution in [1.29, 1.82) is 0 Å². The number of aryl methyl sites for hydroxylation is 3. The molecule has 2 aromatic heterocycles. The van der Waals surface area contributed by atoms with Crippen LogP contribution >= 0.6 is 11.3 Å². The summed E-state index contributed by atoms with van der Waals surface area (Å²) in [5.41, 5.74) is 2.22. The molecule has 1 aliphatic rings. The van der Waals surface area contributed by atoms with E-state index in [1.807, 2.05) is 25.1 Å². The number of hydrogen-bond acceptors (Lipinski definition) is 6. The molecule has 4 rings (SSSR count). The van der Waals surface area contributed by atoms with Gasteiger partial charge in [-0.3, -0.25) is 14.2 Å². The molecule has 1 aromatic carbocycles. The van der Waals surface area contributed by atoms with Gasteiger partial charge in [0.2, 0.25) is 0 Å². The Morgan fingerprint density at radius 3 is 2.97 bits per heavy atom. The van der Waals surface area contributed by atoms with Crippen molar-refractivity contribution in [3.8, 4) is 0 Å². The largest absolute Gasteiger partial charge is 0.451 e. The highest BCUT2D eigenvalue weighted by Gasteiger charge is 2.24. The van der Waals surface area contributed by atoms with Crippen molar-refractivity contribution in [3.63, 3.8) is 0 Å². The van der Waals surface area contributed by atoms with Gasteiger partial charge in [0.1, 0.15) is 15.5 Å². The number of hydrogen-bond donors (Lipinski definition) is 1. The normalized spacial score (nSPS) is 12.8. The number of carbonyl (C=O) groups is 2. The van der Waals surface area contributed by atoms with Crippen molar-refractivity contribution in [3.05, 3.63) is 56.4 Å². The summed E-state index contributed by atoms with van der Waals surface area (Å²) < 4.78 is 6.87. The van der Waals surface area contributed by atoms with Gasteiger partial charge < -0.3 is 10.1 Å². The van der Waals surface area contributed by atoms with E-state index in [0.717, 1.165) is 42.0 Å². The van der Waals surface area contributed by atoms with Crippen molar-refractivity contribution in [2.45, 2.75) is 39.7 Å². The van der Waals surface area contributed by atoms with Crippen LogP contribution in [0.3, 0.4) is 0 Å². The number of anilines is 1. The highest BCUT2D eigenvalue weighted by Crippen LogP contribution is 2.29. The SMILES string of the molecule is CCc1cccc(NC(=O)COC(=O)c2sc3nc4n(c(=O)c3c2C)CCC4)c1. The van der Waals surface area contributed by atoms with Gasteiger partial charge in [0.25, 0.3) is 11.5 Å². The standard InChI is InChI=1S/C21H21N3O4S/c1-3-13-6-4-7-14(10-13)22-16(25)11-28-21(27)18-12(2)17-19(29-18)23-15-8-5-9-24(15)20(17)26/h4,6-7,10H,3,5,8-9,11H2,1-2H3,(H,22,25). The van der Waals surface area contributed by atoms with Crippen LogP contribution in [0.15, 0.2) is 29.1 Å². The minimum absolute atomic E-state index is 0.108. The molecule has 0 fully saturated rings. The molecule has 3 aromatic rings. The quantitative estimate of drug-likeness (QED) is 0.652. The minimum atomic E-state index is -0.618. The number of esters is 1. The number of fused-ring (bicyclic) bond motifs is 2. The second-order valence-corrected chi connectivity index (χ2v) is 8.00. The summed E-state index contributed by atoms with van der Waals surface area (Å²) in [6.45, 7) is 4.01. The first kappa shape index (κ1) is 19.3. The maximum atomic E-state index is 12.7. The molecule has 8 heteroatoms. The number of rotatable bonds is 5. The minimum Gasteiger partial charge on any atom is -0.451 e. The van der Waals surface area contributed by atoms with E-state index in [2.05, 4.69) is 10.3 Å². The Bertz CT molecular complexity index is 1180. The van der Waals surface area contributed by atoms with E-state index < -0.39 is 18.5 Å². The molecule has 3 heterocycles. The summed E-state index contributed by atoms with van der Waals surface area (Å²) in [6, 6.07) is 7.51. The van der Waals surface area contributed by atoms with Gasteiger partial charge >= 0.3 is 5.97 Å². The average molecular weight is 411 g/mol. The molecule has 1 amide bonds. The maximum absolute atomic E-state index is 12.7. The number of nitrogens with one attached hydrogen (secondary N) is 1. The molecule has 0 radical (unpaired) electrons. The first-order chi connectivity index (χ1) is 14.0. The predicted octanol–water partition coefficient (Wildman–Crippen LogP) is 3.07. The fourth-order valence-electron chi connectivity index (χ4n) is 3.53. The molecule has 0 saturated carbocycles. The van der Waals surface area contributed by atoms with Gasteiger partial charge in [0.15, 0.2) is 6.61 Å². The van der Waals surface area contributed by atoms with Crippen LogP contribution in [0.4, 0.5) is 5.69 Å². The summed E-state index contributed by atoms with van der Waals surface area (Å²) in [4.78, 5) is 42.8. The highest BCUT2D eigenvalue weighted by atomic mass is 32.1. The zero-order valence-corrected chi connectivity index (χ0v) is 17.1. The molecule has 0 bridgehead atoms. The molecule has 1 N–H and O–H groups in total. The third-order valence-corrected chi connectivity index (χ3v) is 6.22. The topological polar surface area (TPSA) is 90.3 Å². The highest BCUT2D eigenvalue weighted by molar-refractivity contribution is 7.20. The molecule has 7 nitrogen and oxygen atoms in total. The Labute approximate surface area is 171 Å². The van der Waals surface area contributed by atoms with E-state index in [1.54, 1.807) is 17.6 Å². The molecular weight excluding hydrogens is 390 g/mol. The van der Waals surface area contributed by atoms with Crippen LogP contribution in [0, 0.1) is 6.92 Å². The van der Waals surface area contributed by atoms with E-state index in [4.69, 9.17) is 4.74 Å². The number of benzene rings is 1. The van der Waals surface area contributed by atoms with Crippen LogP contribution in [0.2, 0.25) is 0 Å². The van der Waals surface area contributed by atoms with Crippen LogP contribution in [0.25, 0.3) is 10.2 Å². The Kier molecular flexibility index (Phi) is 5.19. The smallest absolute Gasteiger partial charge is 0.349 e. The number of aromatic nitrogens is 2. The van der Waals surface area contributed by atoms with Gasteiger partial charge in [-0.15, -0.1) is 11.3 Å². The Hall–Kier alpha value is -3.00. The first-order valence-electron chi connectivity index (χ1n) is 9.56. The van der Waals surface area contributed by atoms with E-state index in [1.165, 1.54) is 0 Å². The summed E-state index contributed by atoms with van der Waals surface area (Å²) in [5, 5.41) is 3.19. The van der Waals surface area contributed by atoms with Crippen LogP contribution in [-0.4, -0.2) is 28.0 Å². The molecule has 0 aliphatic carbocycles. The van der Waals surface area contributed by atoms with E-state index in [-0.39, 0.29) is 5.56 Å². The van der Waals surface area contributed by atoms with Crippen LogP contribution < -0.4 is 10.9 Å². The number of carbonyl (C=O) groups excluding carboxylic acids is 2. The Balaban J connectivity index is 1.48. The van der Waals surface area contributed by atoms with Crippen LogP contribution in [0.1, 0.15) is 40.0 Å². The van der Waals surface area contributed by atoms with Crippen molar-refractivity contribution < 1.29 is 14.3 Å². The van der Waals surface area contributed by atoms with Gasteiger partial charge in [-0.1, -0.05) is 19.1 Å². The second kappa shape index (κ2) is 7.79. The van der Waals surface area contributed by atoms with Gasteiger partial charge in [-0.25, -0.2) is 9.78 Å². The van der Waals surface area contributed by atoms with Gasteiger partial charge in [0.05, 0.1) is 5.39 Å². The summed E-state index contributed by atoms with van der Waals surface area (Å²) in [7, 11) is 0. The lowest BCUT2D eigenvalue weighted by Gasteiger charge is -2.07. The van der Waals surface area contributed by atoms with Crippen LogP contribution in [-0.2, 0) is 28.9 Å². The van der Waals surface area contributed by atoms with E-state index in [9.17, 15) is 14.4 Å². The van der Waals surface area contributed by atoms with Crippen molar-refractivity contribution in [2.75, 3.05) is 11.9 Å². The molecule has 0 saturated heterocycles. The molecule has 0 atom stereocenters. The molecular formula is C21H21N3O4S. The number of ether oxygens (including phenoxy) is 1. The third kappa shape index (κ3) is 3.67. The zero-order valence-electron chi connectivity index (χ0n) is 16.3. The second-order valence-electron chi connectivity index (χ2n) is 7.00. The third-order valence-electron chi connectivity index (χ3n) is 5.05. The maximum Gasteiger partial charge on any atom is 0.349 e. The predicted molar refractivity (Wildman–Crippen MR) is 112 cm³/mol. The monoisotopic (exact) mass is 411 g/mol. The van der Waals surface area contributed by atoms with Crippen molar-refractivity contribution in [2.24, 2.45) is 0 Å². The fraction of sp³-hybridized carbons (Fsp3) is 0.333. The molecule has 1 aliphatic heterocycles. The zero-order chi connectivity index (χ0) is 20.5. The summed E-state index contributed by atoms with van der Waals surface area (Å²) in [5.74, 6) is -0.271. The summed E-state index contributed by atoms with van der Waals surface area (Å²) >= 11 is 1.14. The molecule has 29 heavy (non-hydrogen) atoms. The lowest BCUT2D eigenvalue weighted by molar-refractivity contribution is -0.119. The molecule has 150 valence electrons. The van der Waals surface area contributed by atoms with E-state index >= 15 is 0 Å². The summed E-state index contributed by atoms with van der Waals surface area (Å²) in [6.07, 6.45) is 2.53. The first-order valence-corrected chi connectivity index (χ1v) is 10.4. The lowest BCUT2D eigenvalue weighted by atomic mass is 10.1. The molecule has 0 unspecified atom stereocenters. The van der Waals surface area contributed by atoms with Gasteiger partial charge in [-0.2, -0.15) is 0 Å². The lowest BCUT2D eigenvalue weighted by Crippen LogP contribution is -2.21. The Morgan fingerprint density at radius 2 is 2.17 bits per heavy atom. The van der Waals surface area contributed by atoms with Crippen LogP contribution in [0.5, 0.6) is 0 Å². The number of amides is 1. The van der Waals surface area contributed by atoms with E-state index in [0.29, 0.717) is 32.9 Å². The van der Waals surface area contributed by atoms with Crippen molar-refractivity contribution >= 4 is 39.1 Å². The van der Waals surface area contributed by atoms with Crippen molar-refractivity contribution in [1.82, 2.24) is 9.55 Å².